The van der Waals surface area contributed by atoms with Gasteiger partial charge in [-0.3, -0.25) is 0 Å². The van der Waals surface area contributed by atoms with Gasteiger partial charge in [-0.1, -0.05) is 11.6 Å². The molecule has 140 valence electrons. The summed E-state index contributed by atoms with van der Waals surface area (Å²) in [6, 6.07) is 9.24. The van der Waals surface area contributed by atoms with Gasteiger partial charge in [0.1, 0.15) is 5.82 Å². The molecule has 1 fully saturated rings. The molecule has 0 bridgehead atoms. The topological polar surface area (TPSA) is 71.5 Å². The predicted molar refractivity (Wildman–Crippen MR) is 96.9 cm³/mol. The summed E-state index contributed by atoms with van der Waals surface area (Å²) in [5.74, 6) is -0.522. The quantitative estimate of drug-likeness (QED) is 0.766. The Balaban J connectivity index is 1.87. The van der Waals surface area contributed by atoms with Crippen molar-refractivity contribution in [2.75, 3.05) is 13.1 Å². The van der Waals surface area contributed by atoms with Gasteiger partial charge in [-0.2, -0.15) is 4.31 Å². The SMILES string of the molecule is Cc1cc(F)ccc1S(=O)(=O)N1CCC(S(=O)(=O)c2ccc(Cl)cc2)C1. The van der Waals surface area contributed by atoms with E-state index in [0.717, 1.165) is 16.4 Å². The highest BCUT2D eigenvalue weighted by Crippen LogP contribution is 2.29. The standard InChI is InChI=1S/C17H17ClFNO4S2/c1-12-10-14(19)4-7-17(12)26(23,24)20-9-8-16(11-20)25(21,22)15-5-2-13(18)3-6-15/h2-7,10,16H,8-9,11H2,1H3. The second kappa shape index (κ2) is 6.92. The molecule has 1 atom stereocenters. The van der Waals surface area contributed by atoms with E-state index in [9.17, 15) is 21.2 Å². The van der Waals surface area contributed by atoms with E-state index in [-0.39, 0.29) is 34.9 Å². The molecule has 5 nitrogen and oxygen atoms in total. The van der Waals surface area contributed by atoms with E-state index < -0.39 is 30.9 Å². The molecule has 0 saturated carbocycles. The summed E-state index contributed by atoms with van der Waals surface area (Å²) < 4.78 is 65.5. The third-order valence-corrected chi connectivity index (χ3v) is 8.91. The summed E-state index contributed by atoms with van der Waals surface area (Å²) >= 11 is 5.79. The summed E-state index contributed by atoms with van der Waals surface area (Å²) in [6.07, 6.45) is 0.199. The molecule has 1 saturated heterocycles. The van der Waals surface area contributed by atoms with Crippen molar-refractivity contribution in [3.8, 4) is 0 Å². The van der Waals surface area contributed by atoms with Gasteiger partial charge < -0.3 is 0 Å². The average Bonchev–Trinajstić information content (AvgIpc) is 3.06. The number of aryl methyl sites for hydroxylation is 1. The Labute approximate surface area is 157 Å². The van der Waals surface area contributed by atoms with Gasteiger partial charge >= 0.3 is 0 Å². The maximum atomic E-state index is 13.3. The van der Waals surface area contributed by atoms with Crippen molar-refractivity contribution < 1.29 is 21.2 Å². The molecule has 1 aliphatic rings. The fraction of sp³-hybridized carbons (Fsp3) is 0.294. The van der Waals surface area contributed by atoms with E-state index in [1.165, 1.54) is 37.3 Å². The Bertz CT molecular complexity index is 1040. The highest BCUT2D eigenvalue weighted by atomic mass is 35.5. The van der Waals surface area contributed by atoms with E-state index in [0.29, 0.717) is 5.02 Å². The Morgan fingerprint density at radius 1 is 1.08 bits per heavy atom. The Kier molecular flexibility index (Phi) is 5.13. The third-order valence-electron chi connectivity index (χ3n) is 4.44. The van der Waals surface area contributed by atoms with Crippen LogP contribution in [-0.4, -0.2) is 39.5 Å². The van der Waals surface area contributed by atoms with Crippen molar-refractivity contribution in [1.82, 2.24) is 4.31 Å². The normalized spacial score (nSPS) is 19.0. The van der Waals surface area contributed by atoms with E-state index in [4.69, 9.17) is 11.6 Å². The minimum Gasteiger partial charge on any atom is -0.223 e. The van der Waals surface area contributed by atoms with Gasteiger partial charge in [0, 0.05) is 18.1 Å². The van der Waals surface area contributed by atoms with Crippen LogP contribution in [0.5, 0.6) is 0 Å². The second-order valence-corrected chi connectivity index (χ2v) is 10.8. The van der Waals surface area contributed by atoms with Crippen molar-refractivity contribution in [1.29, 1.82) is 0 Å². The summed E-state index contributed by atoms with van der Waals surface area (Å²) in [5, 5.41) is -0.412. The molecule has 1 unspecified atom stereocenters. The van der Waals surface area contributed by atoms with Crippen LogP contribution in [-0.2, 0) is 19.9 Å². The number of hydrogen-bond acceptors (Lipinski definition) is 4. The number of rotatable bonds is 4. The molecule has 0 amide bonds. The Morgan fingerprint density at radius 3 is 2.35 bits per heavy atom. The monoisotopic (exact) mass is 417 g/mol. The molecule has 1 heterocycles. The van der Waals surface area contributed by atoms with Crippen molar-refractivity contribution >= 4 is 31.5 Å². The number of benzene rings is 2. The van der Waals surface area contributed by atoms with Crippen LogP contribution in [0.25, 0.3) is 0 Å². The maximum absolute atomic E-state index is 13.3. The van der Waals surface area contributed by atoms with Gasteiger partial charge in [-0.15, -0.1) is 0 Å². The lowest BCUT2D eigenvalue weighted by molar-refractivity contribution is 0.476. The van der Waals surface area contributed by atoms with Gasteiger partial charge in [0.15, 0.2) is 9.84 Å². The summed E-state index contributed by atoms with van der Waals surface area (Å²) in [5.41, 5.74) is 0.286. The van der Waals surface area contributed by atoms with Gasteiger partial charge in [-0.25, -0.2) is 21.2 Å². The number of hydrogen-bond donors (Lipinski definition) is 0. The van der Waals surface area contributed by atoms with Gasteiger partial charge in [0.25, 0.3) is 0 Å². The molecule has 0 N–H and O–H groups in total. The summed E-state index contributed by atoms with van der Waals surface area (Å²) in [6.45, 7) is 1.47. The van der Waals surface area contributed by atoms with E-state index in [1.54, 1.807) is 0 Å². The molecular weight excluding hydrogens is 401 g/mol. The highest BCUT2D eigenvalue weighted by molar-refractivity contribution is 7.92. The van der Waals surface area contributed by atoms with Crippen LogP contribution >= 0.6 is 11.6 Å². The lowest BCUT2D eigenvalue weighted by Gasteiger charge is -2.18. The van der Waals surface area contributed by atoms with Crippen molar-refractivity contribution in [3.05, 3.63) is 58.9 Å². The third kappa shape index (κ3) is 3.51. The summed E-state index contributed by atoms with van der Waals surface area (Å²) in [4.78, 5) is 0.104. The van der Waals surface area contributed by atoms with Crippen LogP contribution in [0.3, 0.4) is 0 Å². The Morgan fingerprint density at radius 2 is 1.73 bits per heavy atom. The molecule has 1 aliphatic heterocycles. The average molecular weight is 418 g/mol. The highest BCUT2D eigenvalue weighted by Gasteiger charge is 2.39. The van der Waals surface area contributed by atoms with Crippen molar-refractivity contribution in [2.24, 2.45) is 0 Å². The Hall–Kier alpha value is -1.48. The lowest BCUT2D eigenvalue weighted by atomic mass is 10.2. The first-order chi connectivity index (χ1) is 12.1. The van der Waals surface area contributed by atoms with Crippen LogP contribution < -0.4 is 0 Å². The lowest BCUT2D eigenvalue weighted by Crippen LogP contribution is -2.32. The maximum Gasteiger partial charge on any atom is 0.243 e. The molecule has 0 aliphatic carbocycles. The fourth-order valence-corrected chi connectivity index (χ4v) is 6.65. The van der Waals surface area contributed by atoms with Gasteiger partial charge in [0.05, 0.1) is 15.0 Å². The second-order valence-electron chi connectivity index (χ2n) is 6.18. The fourth-order valence-electron chi connectivity index (χ4n) is 3.03. The van der Waals surface area contributed by atoms with Crippen LogP contribution in [0.15, 0.2) is 52.3 Å². The molecule has 0 radical (unpaired) electrons. The summed E-state index contributed by atoms with van der Waals surface area (Å²) in [7, 11) is -7.56. The first-order valence-corrected chi connectivity index (χ1v) is 11.2. The van der Waals surface area contributed by atoms with E-state index in [2.05, 4.69) is 0 Å². The molecule has 0 aromatic heterocycles. The number of sulfonamides is 1. The van der Waals surface area contributed by atoms with Crippen molar-refractivity contribution in [2.45, 2.75) is 28.4 Å². The van der Waals surface area contributed by atoms with E-state index >= 15 is 0 Å². The number of nitrogens with zero attached hydrogens (tertiary/aromatic N) is 1. The van der Waals surface area contributed by atoms with Gasteiger partial charge in [0.2, 0.25) is 10.0 Å². The zero-order chi connectivity index (χ0) is 19.1. The van der Waals surface area contributed by atoms with Crippen LogP contribution in [0.1, 0.15) is 12.0 Å². The molecule has 3 rings (SSSR count). The zero-order valence-corrected chi connectivity index (χ0v) is 16.3. The van der Waals surface area contributed by atoms with Gasteiger partial charge in [-0.05, 0) is 61.4 Å². The van der Waals surface area contributed by atoms with E-state index in [1.807, 2.05) is 0 Å². The molecule has 0 spiro atoms. The predicted octanol–water partition coefficient (Wildman–Crippen LogP) is 3.02. The molecule has 2 aromatic rings. The zero-order valence-electron chi connectivity index (χ0n) is 13.9. The van der Waals surface area contributed by atoms with Crippen LogP contribution in [0, 0.1) is 12.7 Å². The minimum atomic E-state index is -3.89. The largest absolute Gasteiger partial charge is 0.243 e. The minimum absolute atomic E-state index is 0.0107. The first kappa shape index (κ1) is 19.3. The van der Waals surface area contributed by atoms with Crippen LogP contribution in [0.2, 0.25) is 5.02 Å². The number of sulfone groups is 1. The molecular formula is C17H17ClFNO4S2. The molecule has 2 aromatic carbocycles. The van der Waals surface area contributed by atoms with Crippen molar-refractivity contribution in [3.63, 3.8) is 0 Å². The van der Waals surface area contributed by atoms with Crippen LogP contribution in [0.4, 0.5) is 4.39 Å². The number of halogens is 2. The first-order valence-electron chi connectivity index (χ1n) is 7.88. The smallest absolute Gasteiger partial charge is 0.223 e. The molecule has 26 heavy (non-hydrogen) atoms. The molecule has 9 heteroatoms.